The second-order valence-electron chi connectivity index (χ2n) is 5.51. The zero-order chi connectivity index (χ0) is 18.9. The SMILES string of the molecule is CCOCc1ccc(CNC(=O)c2ccc(OCC)c([N+](=O)[O-])c2)cc1. The van der Waals surface area contributed by atoms with Crippen molar-refractivity contribution in [2.24, 2.45) is 0 Å². The van der Waals surface area contributed by atoms with Crippen LogP contribution >= 0.6 is 0 Å². The number of benzene rings is 2. The molecule has 26 heavy (non-hydrogen) atoms. The molecule has 1 N–H and O–H groups in total. The Morgan fingerprint density at radius 1 is 1.08 bits per heavy atom. The Morgan fingerprint density at radius 2 is 1.77 bits per heavy atom. The van der Waals surface area contributed by atoms with Crippen molar-refractivity contribution < 1.29 is 19.2 Å². The summed E-state index contributed by atoms with van der Waals surface area (Å²) in [6.45, 7) is 5.53. The van der Waals surface area contributed by atoms with E-state index >= 15 is 0 Å². The Balaban J connectivity index is 2.01. The standard InChI is InChI=1S/C19H22N2O5/c1-3-25-13-15-7-5-14(6-8-15)12-20-19(22)16-9-10-18(26-4-2)17(11-16)21(23)24/h5-11H,3-4,12-13H2,1-2H3,(H,20,22). The van der Waals surface area contributed by atoms with Crippen molar-refractivity contribution in [3.63, 3.8) is 0 Å². The van der Waals surface area contributed by atoms with Crippen LogP contribution in [0.5, 0.6) is 5.75 Å². The highest BCUT2D eigenvalue weighted by molar-refractivity contribution is 5.95. The van der Waals surface area contributed by atoms with E-state index in [-0.39, 0.29) is 22.9 Å². The molecule has 2 aromatic rings. The molecule has 0 unspecified atom stereocenters. The molecule has 2 aromatic carbocycles. The Labute approximate surface area is 152 Å². The van der Waals surface area contributed by atoms with E-state index in [1.165, 1.54) is 18.2 Å². The molecule has 0 saturated heterocycles. The zero-order valence-corrected chi connectivity index (χ0v) is 14.9. The van der Waals surface area contributed by atoms with E-state index in [9.17, 15) is 14.9 Å². The number of hydrogen-bond acceptors (Lipinski definition) is 5. The summed E-state index contributed by atoms with van der Waals surface area (Å²) in [5, 5.41) is 13.9. The predicted octanol–water partition coefficient (Wildman–Crippen LogP) is 3.46. The molecule has 138 valence electrons. The van der Waals surface area contributed by atoms with Crippen LogP contribution in [-0.2, 0) is 17.9 Å². The van der Waals surface area contributed by atoms with Gasteiger partial charge < -0.3 is 14.8 Å². The summed E-state index contributed by atoms with van der Waals surface area (Å²) in [4.78, 5) is 22.9. The van der Waals surface area contributed by atoms with Crippen LogP contribution in [0.4, 0.5) is 5.69 Å². The average Bonchev–Trinajstić information content (AvgIpc) is 2.65. The van der Waals surface area contributed by atoms with Crippen LogP contribution in [0.2, 0.25) is 0 Å². The smallest absolute Gasteiger partial charge is 0.311 e. The first-order valence-corrected chi connectivity index (χ1v) is 8.40. The van der Waals surface area contributed by atoms with Gasteiger partial charge in [0.1, 0.15) is 0 Å². The minimum Gasteiger partial charge on any atom is -0.487 e. The van der Waals surface area contributed by atoms with Crippen molar-refractivity contribution in [1.29, 1.82) is 0 Å². The lowest BCUT2D eigenvalue weighted by Gasteiger charge is -2.08. The predicted molar refractivity (Wildman–Crippen MR) is 97.2 cm³/mol. The molecule has 0 saturated carbocycles. The zero-order valence-electron chi connectivity index (χ0n) is 14.9. The number of nitro groups is 1. The van der Waals surface area contributed by atoms with E-state index < -0.39 is 4.92 Å². The maximum Gasteiger partial charge on any atom is 0.311 e. The number of carbonyl (C=O) groups excluding carboxylic acids is 1. The summed E-state index contributed by atoms with van der Waals surface area (Å²) in [5.41, 5.74) is 1.98. The molecule has 0 aliphatic heterocycles. The lowest BCUT2D eigenvalue weighted by molar-refractivity contribution is -0.385. The van der Waals surface area contributed by atoms with Gasteiger partial charge in [-0.25, -0.2) is 0 Å². The summed E-state index contributed by atoms with van der Waals surface area (Å²) in [6, 6.07) is 11.9. The third-order valence-electron chi connectivity index (χ3n) is 3.67. The first kappa shape index (κ1) is 19.4. The maximum absolute atomic E-state index is 12.3. The van der Waals surface area contributed by atoms with Gasteiger partial charge in [0.05, 0.1) is 18.1 Å². The van der Waals surface area contributed by atoms with Crippen molar-refractivity contribution in [3.05, 3.63) is 69.3 Å². The summed E-state index contributed by atoms with van der Waals surface area (Å²) >= 11 is 0. The molecule has 0 aliphatic carbocycles. The van der Waals surface area contributed by atoms with E-state index in [2.05, 4.69) is 5.32 Å². The van der Waals surface area contributed by atoms with Crippen molar-refractivity contribution in [1.82, 2.24) is 5.32 Å². The van der Waals surface area contributed by atoms with Crippen LogP contribution in [0, 0.1) is 10.1 Å². The van der Waals surface area contributed by atoms with E-state index in [1.807, 2.05) is 31.2 Å². The maximum atomic E-state index is 12.3. The van der Waals surface area contributed by atoms with Crippen LogP contribution in [-0.4, -0.2) is 24.0 Å². The fourth-order valence-electron chi connectivity index (χ4n) is 2.34. The first-order valence-electron chi connectivity index (χ1n) is 8.40. The second kappa shape index (κ2) is 9.53. The van der Waals surface area contributed by atoms with Crippen LogP contribution in [0.25, 0.3) is 0 Å². The van der Waals surface area contributed by atoms with Gasteiger partial charge in [0, 0.05) is 24.8 Å². The van der Waals surface area contributed by atoms with Crippen molar-refractivity contribution in [2.45, 2.75) is 27.0 Å². The lowest BCUT2D eigenvalue weighted by Crippen LogP contribution is -2.22. The largest absolute Gasteiger partial charge is 0.487 e. The highest BCUT2D eigenvalue weighted by atomic mass is 16.6. The number of amides is 1. The minimum atomic E-state index is -0.557. The third-order valence-corrected chi connectivity index (χ3v) is 3.67. The number of carbonyl (C=O) groups is 1. The summed E-state index contributed by atoms with van der Waals surface area (Å²) < 4.78 is 10.6. The molecule has 0 bridgehead atoms. The minimum absolute atomic E-state index is 0.152. The van der Waals surface area contributed by atoms with E-state index in [0.717, 1.165) is 11.1 Å². The summed E-state index contributed by atoms with van der Waals surface area (Å²) in [6.07, 6.45) is 0. The number of nitro benzene ring substituents is 1. The third kappa shape index (κ3) is 5.29. The van der Waals surface area contributed by atoms with Gasteiger partial charge in [-0.3, -0.25) is 14.9 Å². The second-order valence-corrected chi connectivity index (χ2v) is 5.51. The molecule has 2 rings (SSSR count). The average molecular weight is 358 g/mol. The van der Waals surface area contributed by atoms with E-state index in [1.54, 1.807) is 6.92 Å². The number of nitrogens with zero attached hydrogens (tertiary/aromatic N) is 1. The molecule has 0 spiro atoms. The Kier molecular flexibility index (Phi) is 7.11. The van der Waals surface area contributed by atoms with E-state index in [4.69, 9.17) is 9.47 Å². The fraction of sp³-hybridized carbons (Fsp3) is 0.316. The van der Waals surface area contributed by atoms with Crippen molar-refractivity contribution >= 4 is 11.6 Å². The molecular formula is C19H22N2O5. The van der Waals surface area contributed by atoms with Gasteiger partial charge in [0.25, 0.3) is 5.91 Å². The Bertz CT molecular complexity index is 759. The van der Waals surface area contributed by atoms with Crippen molar-refractivity contribution in [3.8, 4) is 5.75 Å². The number of rotatable bonds is 9. The quantitative estimate of drug-likeness (QED) is 0.547. The molecule has 0 heterocycles. The lowest BCUT2D eigenvalue weighted by atomic mass is 10.1. The van der Waals surface area contributed by atoms with Crippen LogP contribution in [0.1, 0.15) is 35.3 Å². The molecule has 0 atom stereocenters. The van der Waals surface area contributed by atoms with Crippen LogP contribution in [0.3, 0.4) is 0 Å². The molecule has 0 radical (unpaired) electrons. The Hall–Kier alpha value is -2.93. The number of hydrogen-bond donors (Lipinski definition) is 1. The molecule has 0 aliphatic rings. The Morgan fingerprint density at radius 3 is 2.38 bits per heavy atom. The highest BCUT2D eigenvalue weighted by Crippen LogP contribution is 2.28. The van der Waals surface area contributed by atoms with Crippen LogP contribution in [0.15, 0.2) is 42.5 Å². The molecule has 7 heteroatoms. The molecule has 7 nitrogen and oxygen atoms in total. The molecule has 1 amide bonds. The normalized spacial score (nSPS) is 10.4. The highest BCUT2D eigenvalue weighted by Gasteiger charge is 2.18. The van der Waals surface area contributed by atoms with Gasteiger partial charge >= 0.3 is 5.69 Å². The van der Waals surface area contributed by atoms with Crippen molar-refractivity contribution in [2.75, 3.05) is 13.2 Å². The van der Waals surface area contributed by atoms with Crippen LogP contribution < -0.4 is 10.1 Å². The topological polar surface area (TPSA) is 90.7 Å². The monoisotopic (exact) mass is 358 g/mol. The molecule has 0 fully saturated rings. The molecular weight excluding hydrogens is 336 g/mol. The summed E-state index contributed by atoms with van der Waals surface area (Å²) in [5.74, 6) is -0.228. The van der Waals surface area contributed by atoms with Gasteiger partial charge in [0.15, 0.2) is 5.75 Å². The fourth-order valence-corrected chi connectivity index (χ4v) is 2.34. The number of ether oxygens (including phenoxy) is 2. The van der Waals surface area contributed by atoms with Gasteiger partial charge in [-0.15, -0.1) is 0 Å². The van der Waals surface area contributed by atoms with Gasteiger partial charge in [-0.05, 0) is 37.1 Å². The summed E-state index contributed by atoms with van der Waals surface area (Å²) in [7, 11) is 0. The molecule has 0 aromatic heterocycles. The van der Waals surface area contributed by atoms with Gasteiger partial charge in [-0.2, -0.15) is 0 Å². The van der Waals surface area contributed by atoms with Gasteiger partial charge in [-0.1, -0.05) is 24.3 Å². The van der Waals surface area contributed by atoms with Gasteiger partial charge in [0.2, 0.25) is 0 Å². The van der Waals surface area contributed by atoms with E-state index in [0.29, 0.717) is 26.4 Å². The number of nitrogens with one attached hydrogen (secondary N) is 1. The first-order chi connectivity index (χ1) is 12.5.